The van der Waals surface area contributed by atoms with E-state index in [-0.39, 0.29) is 44.5 Å². The van der Waals surface area contributed by atoms with Crippen molar-refractivity contribution < 1.29 is 23.8 Å². The highest BCUT2D eigenvalue weighted by molar-refractivity contribution is 6.36. The van der Waals surface area contributed by atoms with Crippen molar-refractivity contribution in [2.75, 3.05) is 49.6 Å². The molecule has 1 N–H and O–H groups in total. The van der Waals surface area contributed by atoms with Gasteiger partial charge < -0.3 is 29.4 Å². The highest BCUT2D eigenvalue weighted by Gasteiger charge is 2.48. The number of nitrogens with zero attached hydrogens (tertiary/aromatic N) is 7. The number of fused-ring (bicyclic) bond motifs is 2. The van der Waals surface area contributed by atoms with Crippen LogP contribution in [-0.2, 0) is 22.6 Å². The average Bonchev–Trinajstić information content (AvgIpc) is 3.24. The summed E-state index contributed by atoms with van der Waals surface area (Å²) >= 11 is 6.67. The molecule has 46 heavy (non-hydrogen) atoms. The van der Waals surface area contributed by atoms with Gasteiger partial charge in [0.2, 0.25) is 5.91 Å². The van der Waals surface area contributed by atoms with E-state index in [9.17, 15) is 24.3 Å². The zero-order valence-electron chi connectivity index (χ0n) is 25.7. The number of likely N-dealkylation sites (tertiary alicyclic amines) is 1. The minimum atomic E-state index is -1.06. The van der Waals surface area contributed by atoms with Gasteiger partial charge in [-0.15, -0.1) is 0 Å². The number of aromatic nitrogens is 2. The number of carbonyl (C=O) groups is 2. The first-order valence-corrected chi connectivity index (χ1v) is 15.6. The Kier molecular flexibility index (Phi) is 8.48. The van der Waals surface area contributed by atoms with Crippen molar-refractivity contribution in [1.29, 1.82) is 5.26 Å². The standard InChI is InChI=1S/C33H35ClFN7O4/c1-20(35)31(45)42-15-14-41(17-22(42)10-12-36)30-23-11-13-40(26-9-5-7-21-6-4-8-24(34)29(21)26)18-25(23)37-32(38-30)46-19-33(2)27(43)16-28(44)39(33)3/h4-9,22,27,43H,1,10-11,13-19H2,2-3H3/t22-,27+,33+/m0/s1. The summed E-state index contributed by atoms with van der Waals surface area (Å²) in [6.45, 7) is 6.76. The number of aliphatic hydroxyl groups is 1. The summed E-state index contributed by atoms with van der Waals surface area (Å²) in [6.07, 6.45) is -0.304. The minimum Gasteiger partial charge on any atom is -0.461 e. The molecule has 0 spiro atoms. The van der Waals surface area contributed by atoms with Crippen LogP contribution in [0.15, 0.2) is 48.8 Å². The molecule has 2 aromatic carbocycles. The molecule has 0 bridgehead atoms. The molecule has 1 aromatic heterocycles. The molecule has 2 amide bonds. The fourth-order valence-electron chi connectivity index (χ4n) is 6.65. The number of ether oxygens (including phenoxy) is 1. The van der Waals surface area contributed by atoms with Gasteiger partial charge >= 0.3 is 6.01 Å². The van der Waals surface area contributed by atoms with Gasteiger partial charge in [0.15, 0.2) is 5.83 Å². The minimum absolute atomic E-state index is 0.00376. The number of aliphatic hydroxyl groups excluding tert-OH is 1. The lowest BCUT2D eigenvalue weighted by molar-refractivity contribution is -0.131. The molecule has 0 saturated carbocycles. The zero-order valence-corrected chi connectivity index (χ0v) is 26.5. The van der Waals surface area contributed by atoms with Gasteiger partial charge in [-0.25, -0.2) is 4.39 Å². The van der Waals surface area contributed by atoms with Gasteiger partial charge in [0.1, 0.15) is 18.0 Å². The lowest BCUT2D eigenvalue weighted by atomic mass is 9.97. The number of benzene rings is 2. The second kappa shape index (κ2) is 12.4. The molecule has 4 heterocycles. The van der Waals surface area contributed by atoms with Crippen LogP contribution in [0.5, 0.6) is 6.01 Å². The van der Waals surface area contributed by atoms with Gasteiger partial charge in [-0.3, -0.25) is 9.59 Å². The molecular formula is C33H35ClFN7O4. The monoisotopic (exact) mass is 647 g/mol. The second-order valence-electron chi connectivity index (χ2n) is 12.2. The summed E-state index contributed by atoms with van der Waals surface area (Å²) in [6, 6.07) is 13.5. The van der Waals surface area contributed by atoms with Gasteiger partial charge in [-0.05, 0) is 30.9 Å². The summed E-state index contributed by atoms with van der Waals surface area (Å²) in [5, 5.41) is 22.8. The normalized spacial score (nSPS) is 23.0. The number of likely N-dealkylation sites (N-methyl/N-ethyl adjacent to an activating group) is 1. The van der Waals surface area contributed by atoms with E-state index in [1.54, 1.807) is 14.0 Å². The first-order chi connectivity index (χ1) is 22.0. The molecule has 2 fully saturated rings. The molecular weight excluding hydrogens is 613 g/mol. The molecule has 240 valence electrons. The molecule has 13 heteroatoms. The maximum Gasteiger partial charge on any atom is 0.318 e. The first-order valence-electron chi connectivity index (χ1n) is 15.2. The van der Waals surface area contributed by atoms with E-state index >= 15 is 0 Å². The van der Waals surface area contributed by atoms with E-state index in [4.69, 9.17) is 26.3 Å². The number of anilines is 2. The largest absolute Gasteiger partial charge is 0.461 e. The third-order valence-corrected chi connectivity index (χ3v) is 9.83. The third-order valence-electron chi connectivity index (χ3n) is 9.52. The number of nitriles is 1. The number of halogens is 2. The Morgan fingerprint density at radius 3 is 2.67 bits per heavy atom. The predicted octanol–water partition coefficient (Wildman–Crippen LogP) is 3.62. The van der Waals surface area contributed by atoms with Gasteiger partial charge in [-0.2, -0.15) is 15.2 Å². The Morgan fingerprint density at radius 1 is 1.22 bits per heavy atom. The fraction of sp³-hybridized carbons (Fsp3) is 0.424. The van der Waals surface area contributed by atoms with E-state index < -0.39 is 29.4 Å². The summed E-state index contributed by atoms with van der Waals surface area (Å²) in [5.74, 6) is -1.44. The Hall–Kier alpha value is -4.47. The van der Waals surface area contributed by atoms with Gasteiger partial charge in [0, 0.05) is 49.9 Å². The number of rotatable bonds is 7. The summed E-state index contributed by atoms with van der Waals surface area (Å²) in [4.78, 5) is 41.6. The van der Waals surface area contributed by atoms with Crippen LogP contribution in [0.3, 0.4) is 0 Å². The number of hydrogen-bond acceptors (Lipinski definition) is 9. The maximum atomic E-state index is 13.8. The molecule has 3 aromatic rings. The van der Waals surface area contributed by atoms with Gasteiger partial charge in [-0.1, -0.05) is 42.4 Å². The van der Waals surface area contributed by atoms with E-state index in [0.717, 1.165) is 27.7 Å². The molecule has 3 aliphatic rings. The molecule has 3 aliphatic heterocycles. The molecule has 2 saturated heterocycles. The third kappa shape index (κ3) is 5.58. The molecule has 6 rings (SSSR count). The number of hydrogen-bond donors (Lipinski definition) is 1. The average molecular weight is 648 g/mol. The number of amides is 2. The van der Waals surface area contributed by atoms with E-state index in [1.807, 2.05) is 41.3 Å². The van der Waals surface area contributed by atoms with Crippen LogP contribution in [0.25, 0.3) is 10.8 Å². The predicted molar refractivity (Wildman–Crippen MR) is 171 cm³/mol. The van der Waals surface area contributed by atoms with Crippen molar-refractivity contribution in [3.05, 3.63) is 65.1 Å². The smallest absolute Gasteiger partial charge is 0.318 e. The first kappa shape index (κ1) is 31.5. The van der Waals surface area contributed by atoms with E-state index in [1.165, 1.54) is 9.80 Å². The highest BCUT2D eigenvalue weighted by atomic mass is 35.5. The molecule has 3 atom stereocenters. The number of piperazine rings is 1. The molecule has 0 radical (unpaired) electrons. The Bertz CT molecular complexity index is 1760. The van der Waals surface area contributed by atoms with Crippen LogP contribution < -0.4 is 14.5 Å². The van der Waals surface area contributed by atoms with Crippen LogP contribution in [0.1, 0.15) is 31.0 Å². The molecule has 0 unspecified atom stereocenters. The second-order valence-corrected chi connectivity index (χ2v) is 12.6. The Balaban J connectivity index is 1.36. The molecule has 0 aliphatic carbocycles. The van der Waals surface area contributed by atoms with E-state index in [2.05, 4.69) is 17.5 Å². The van der Waals surface area contributed by atoms with Crippen molar-refractivity contribution >= 4 is 45.7 Å². The van der Waals surface area contributed by atoms with Crippen molar-refractivity contribution in [2.24, 2.45) is 0 Å². The zero-order chi connectivity index (χ0) is 32.7. The number of carbonyl (C=O) groups excluding carboxylic acids is 2. The summed E-state index contributed by atoms with van der Waals surface area (Å²) < 4.78 is 20.0. The quantitative estimate of drug-likeness (QED) is 0.383. The van der Waals surface area contributed by atoms with Crippen LogP contribution in [0.2, 0.25) is 5.02 Å². The van der Waals surface area contributed by atoms with Crippen molar-refractivity contribution in [2.45, 2.75) is 50.4 Å². The van der Waals surface area contributed by atoms with Crippen LogP contribution in [0, 0.1) is 11.3 Å². The van der Waals surface area contributed by atoms with Gasteiger partial charge in [0.25, 0.3) is 5.91 Å². The Morgan fingerprint density at radius 2 is 1.98 bits per heavy atom. The van der Waals surface area contributed by atoms with Crippen LogP contribution in [0.4, 0.5) is 15.9 Å². The summed E-state index contributed by atoms with van der Waals surface area (Å²) in [5.41, 5.74) is 1.66. The Labute approximate surface area is 271 Å². The lowest BCUT2D eigenvalue weighted by Gasteiger charge is -2.42. The fourth-order valence-corrected chi connectivity index (χ4v) is 6.92. The van der Waals surface area contributed by atoms with Crippen LogP contribution >= 0.6 is 11.6 Å². The molecule has 11 nitrogen and oxygen atoms in total. The van der Waals surface area contributed by atoms with Crippen molar-refractivity contribution in [1.82, 2.24) is 19.8 Å². The SMILES string of the molecule is C=C(F)C(=O)N1CCN(c2nc(OC[C@]3(C)[C@H](O)CC(=O)N3C)nc3c2CCN(c2cccc4cccc(Cl)c24)C3)C[C@@H]1CC#N. The van der Waals surface area contributed by atoms with Crippen molar-refractivity contribution in [3.63, 3.8) is 0 Å². The lowest BCUT2D eigenvalue weighted by Crippen LogP contribution is -2.56. The highest BCUT2D eigenvalue weighted by Crippen LogP contribution is 2.38. The van der Waals surface area contributed by atoms with Crippen molar-refractivity contribution in [3.8, 4) is 12.1 Å². The van der Waals surface area contributed by atoms with E-state index in [0.29, 0.717) is 36.9 Å². The maximum absolute atomic E-state index is 13.8. The topological polar surface area (TPSA) is 126 Å². The van der Waals surface area contributed by atoms with Gasteiger partial charge in [0.05, 0.1) is 48.3 Å². The summed E-state index contributed by atoms with van der Waals surface area (Å²) in [7, 11) is 1.64. The van der Waals surface area contributed by atoms with Crippen LogP contribution in [-0.4, -0.2) is 94.2 Å².